The van der Waals surface area contributed by atoms with E-state index in [9.17, 15) is 14.7 Å². The Kier molecular flexibility index (Phi) is 3.76. The van der Waals surface area contributed by atoms with Gasteiger partial charge in [0.25, 0.3) is 0 Å². The molecule has 5 nitrogen and oxygen atoms in total. The molecule has 1 aromatic rings. The molecule has 1 fully saturated rings. The van der Waals surface area contributed by atoms with Gasteiger partial charge in [-0.3, -0.25) is 4.79 Å². The van der Waals surface area contributed by atoms with Crippen LogP contribution >= 0.6 is 11.3 Å². The Bertz CT molecular complexity index is 521. The molecule has 2 aliphatic heterocycles. The third-order valence-electron chi connectivity index (χ3n) is 3.99. The molecule has 3 rings (SSSR count). The van der Waals surface area contributed by atoms with Crippen molar-refractivity contribution in [1.29, 1.82) is 0 Å². The molecule has 1 N–H and O–H groups in total. The standard InChI is InChI=1S/C14H17NO4S/c16-13(9-2-1-6-19-8-9)15-5-3-11-10(4-7-20-11)12(15)14(17)18/h4,7,9,12H,1-3,5-6,8H2,(H,17,18). The summed E-state index contributed by atoms with van der Waals surface area (Å²) in [6.45, 7) is 1.60. The molecule has 0 aliphatic carbocycles. The molecule has 0 bridgehead atoms. The number of fused-ring (bicyclic) bond motifs is 1. The minimum absolute atomic E-state index is 0.0750. The summed E-state index contributed by atoms with van der Waals surface area (Å²) in [5.41, 5.74) is 0.777. The van der Waals surface area contributed by atoms with Crippen LogP contribution < -0.4 is 0 Å². The number of nitrogens with zero attached hydrogens (tertiary/aromatic N) is 1. The molecular weight excluding hydrogens is 278 g/mol. The lowest BCUT2D eigenvalue weighted by molar-refractivity contribution is -0.155. The molecular formula is C14H17NO4S. The average molecular weight is 295 g/mol. The first-order chi connectivity index (χ1) is 9.68. The zero-order valence-electron chi connectivity index (χ0n) is 11.1. The number of carbonyl (C=O) groups is 2. The summed E-state index contributed by atoms with van der Waals surface area (Å²) >= 11 is 1.57. The first kappa shape index (κ1) is 13.6. The number of carbonyl (C=O) groups excluding carboxylic acids is 1. The van der Waals surface area contributed by atoms with Gasteiger partial charge in [-0.1, -0.05) is 0 Å². The molecule has 6 heteroatoms. The number of carboxylic acids is 1. The highest BCUT2D eigenvalue weighted by Gasteiger charge is 2.39. The number of aliphatic carboxylic acids is 1. The summed E-state index contributed by atoms with van der Waals surface area (Å²) in [6.07, 6.45) is 2.40. The maximum absolute atomic E-state index is 12.6. The first-order valence-corrected chi connectivity index (χ1v) is 7.73. The van der Waals surface area contributed by atoms with Gasteiger partial charge in [0.1, 0.15) is 0 Å². The minimum Gasteiger partial charge on any atom is -0.479 e. The van der Waals surface area contributed by atoms with Crippen LogP contribution in [-0.4, -0.2) is 41.6 Å². The molecule has 0 saturated carbocycles. The van der Waals surface area contributed by atoms with Crippen molar-refractivity contribution < 1.29 is 19.4 Å². The second kappa shape index (κ2) is 5.54. The van der Waals surface area contributed by atoms with Crippen molar-refractivity contribution in [3.05, 3.63) is 21.9 Å². The normalized spacial score (nSPS) is 26.1. The molecule has 2 aliphatic rings. The number of hydrogen-bond acceptors (Lipinski definition) is 4. The van der Waals surface area contributed by atoms with Gasteiger partial charge >= 0.3 is 5.97 Å². The van der Waals surface area contributed by atoms with Gasteiger partial charge in [-0.15, -0.1) is 11.3 Å². The van der Waals surface area contributed by atoms with Crippen molar-refractivity contribution in [2.75, 3.05) is 19.8 Å². The van der Waals surface area contributed by atoms with Crippen molar-refractivity contribution in [3.63, 3.8) is 0 Å². The number of thiophene rings is 1. The minimum atomic E-state index is -0.950. The summed E-state index contributed by atoms with van der Waals surface area (Å²) in [4.78, 5) is 26.8. The van der Waals surface area contributed by atoms with E-state index in [0.717, 1.165) is 29.7 Å². The van der Waals surface area contributed by atoms with Gasteiger partial charge in [0.15, 0.2) is 6.04 Å². The van der Waals surface area contributed by atoms with Crippen LogP contribution in [0.2, 0.25) is 0 Å². The number of amides is 1. The molecule has 1 aromatic heterocycles. The van der Waals surface area contributed by atoms with Crippen LogP contribution in [0.15, 0.2) is 11.4 Å². The summed E-state index contributed by atoms with van der Waals surface area (Å²) in [5, 5.41) is 11.4. The van der Waals surface area contributed by atoms with E-state index < -0.39 is 12.0 Å². The summed E-state index contributed by atoms with van der Waals surface area (Å²) in [7, 11) is 0. The number of hydrogen-bond donors (Lipinski definition) is 1. The van der Waals surface area contributed by atoms with Gasteiger partial charge in [0, 0.05) is 18.0 Å². The SMILES string of the molecule is O=C(O)C1c2ccsc2CCN1C(=O)C1CCCOC1. The van der Waals surface area contributed by atoms with Crippen molar-refractivity contribution in [3.8, 4) is 0 Å². The number of rotatable bonds is 2. The van der Waals surface area contributed by atoms with Crippen LogP contribution in [0.1, 0.15) is 29.3 Å². The molecule has 0 spiro atoms. The van der Waals surface area contributed by atoms with E-state index in [1.807, 2.05) is 11.4 Å². The molecule has 3 heterocycles. The van der Waals surface area contributed by atoms with Gasteiger partial charge in [-0.2, -0.15) is 0 Å². The van der Waals surface area contributed by atoms with Crippen LogP contribution in [0.3, 0.4) is 0 Å². The van der Waals surface area contributed by atoms with Gasteiger partial charge in [-0.05, 0) is 36.3 Å². The highest BCUT2D eigenvalue weighted by atomic mass is 32.1. The van der Waals surface area contributed by atoms with Crippen molar-refractivity contribution >= 4 is 23.2 Å². The predicted octanol–water partition coefficient (Wildman–Crippen LogP) is 1.69. The monoisotopic (exact) mass is 295 g/mol. The highest BCUT2D eigenvalue weighted by molar-refractivity contribution is 7.10. The maximum atomic E-state index is 12.6. The van der Waals surface area contributed by atoms with E-state index in [-0.39, 0.29) is 11.8 Å². The Morgan fingerprint density at radius 1 is 1.45 bits per heavy atom. The Balaban J connectivity index is 1.85. The zero-order valence-corrected chi connectivity index (χ0v) is 11.9. The smallest absolute Gasteiger partial charge is 0.331 e. The fraction of sp³-hybridized carbons (Fsp3) is 0.571. The van der Waals surface area contributed by atoms with Crippen LogP contribution in [0.25, 0.3) is 0 Å². The predicted molar refractivity (Wildman–Crippen MR) is 73.7 cm³/mol. The molecule has 108 valence electrons. The van der Waals surface area contributed by atoms with Crippen LogP contribution in [-0.2, 0) is 20.7 Å². The lowest BCUT2D eigenvalue weighted by Gasteiger charge is -2.36. The van der Waals surface area contributed by atoms with E-state index in [1.54, 1.807) is 11.3 Å². The third kappa shape index (κ3) is 2.33. The third-order valence-corrected chi connectivity index (χ3v) is 4.99. The van der Waals surface area contributed by atoms with Crippen molar-refractivity contribution in [2.24, 2.45) is 5.92 Å². The van der Waals surface area contributed by atoms with Crippen LogP contribution in [0.5, 0.6) is 0 Å². The van der Waals surface area contributed by atoms with Gasteiger partial charge in [0.05, 0.1) is 12.5 Å². The summed E-state index contributed by atoms with van der Waals surface area (Å²) in [6, 6.07) is 0.995. The molecule has 0 radical (unpaired) electrons. The quantitative estimate of drug-likeness (QED) is 0.901. The van der Waals surface area contributed by atoms with Crippen molar-refractivity contribution in [2.45, 2.75) is 25.3 Å². The molecule has 1 amide bonds. The van der Waals surface area contributed by atoms with Crippen LogP contribution in [0.4, 0.5) is 0 Å². The molecule has 20 heavy (non-hydrogen) atoms. The fourth-order valence-electron chi connectivity index (χ4n) is 2.99. The Labute approximate surface area is 121 Å². The zero-order chi connectivity index (χ0) is 14.1. The van der Waals surface area contributed by atoms with E-state index in [1.165, 1.54) is 4.90 Å². The fourth-order valence-corrected chi connectivity index (χ4v) is 3.89. The van der Waals surface area contributed by atoms with Crippen LogP contribution in [0, 0.1) is 5.92 Å². The lowest BCUT2D eigenvalue weighted by Crippen LogP contribution is -2.47. The molecule has 0 aromatic carbocycles. The van der Waals surface area contributed by atoms with Gasteiger partial charge in [-0.25, -0.2) is 4.79 Å². The van der Waals surface area contributed by atoms with E-state index >= 15 is 0 Å². The molecule has 2 atom stereocenters. The lowest BCUT2D eigenvalue weighted by atomic mass is 9.95. The summed E-state index contributed by atoms with van der Waals surface area (Å²) < 4.78 is 5.35. The number of ether oxygens (including phenoxy) is 1. The van der Waals surface area contributed by atoms with Gasteiger partial charge in [0.2, 0.25) is 5.91 Å². The maximum Gasteiger partial charge on any atom is 0.331 e. The second-order valence-electron chi connectivity index (χ2n) is 5.24. The molecule has 1 saturated heterocycles. The van der Waals surface area contributed by atoms with E-state index in [2.05, 4.69) is 0 Å². The Hall–Kier alpha value is -1.40. The first-order valence-electron chi connectivity index (χ1n) is 6.86. The Morgan fingerprint density at radius 2 is 2.30 bits per heavy atom. The number of carboxylic acid groups (broad SMARTS) is 1. The second-order valence-corrected chi connectivity index (χ2v) is 6.24. The largest absolute Gasteiger partial charge is 0.479 e. The summed E-state index contributed by atoms with van der Waals surface area (Å²) in [5.74, 6) is -1.21. The van der Waals surface area contributed by atoms with E-state index in [0.29, 0.717) is 19.8 Å². The highest BCUT2D eigenvalue weighted by Crippen LogP contribution is 2.35. The van der Waals surface area contributed by atoms with Crippen molar-refractivity contribution in [1.82, 2.24) is 4.90 Å². The average Bonchev–Trinajstić information content (AvgIpc) is 2.94. The topological polar surface area (TPSA) is 66.8 Å². The Morgan fingerprint density at radius 3 is 3.00 bits per heavy atom. The molecule has 2 unspecified atom stereocenters. The van der Waals surface area contributed by atoms with Gasteiger partial charge < -0.3 is 14.7 Å². The van der Waals surface area contributed by atoms with E-state index in [4.69, 9.17) is 4.74 Å².